The van der Waals surface area contributed by atoms with Crippen LogP contribution in [0.2, 0.25) is 5.02 Å². The van der Waals surface area contributed by atoms with Crippen LogP contribution >= 0.6 is 11.6 Å². The lowest BCUT2D eigenvalue weighted by Gasteiger charge is -2.12. The van der Waals surface area contributed by atoms with Gasteiger partial charge in [-0.25, -0.2) is 9.18 Å². The second-order valence-electron chi connectivity index (χ2n) is 5.34. The minimum atomic E-state index is -1.06. The zero-order chi connectivity index (χ0) is 18.0. The Morgan fingerprint density at radius 1 is 1.16 bits per heavy atom. The molecule has 3 aromatic rings. The van der Waals surface area contributed by atoms with Gasteiger partial charge in [0.25, 0.3) is 5.91 Å². The summed E-state index contributed by atoms with van der Waals surface area (Å²) in [5, 5.41) is 3.70. The predicted octanol–water partition coefficient (Wildman–Crippen LogP) is 4.41. The molecule has 0 bridgehead atoms. The van der Waals surface area contributed by atoms with Crippen molar-refractivity contribution < 1.29 is 23.1 Å². The summed E-state index contributed by atoms with van der Waals surface area (Å²) in [5.74, 6) is -1.76. The van der Waals surface area contributed by atoms with E-state index in [1.54, 1.807) is 18.2 Å². The van der Waals surface area contributed by atoms with E-state index >= 15 is 0 Å². The van der Waals surface area contributed by atoms with Crippen molar-refractivity contribution >= 4 is 40.1 Å². The third-order valence-electron chi connectivity index (χ3n) is 3.44. The zero-order valence-electron chi connectivity index (χ0n) is 13.1. The number of hydrogen-bond acceptors (Lipinski definition) is 4. The zero-order valence-corrected chi connectivity index (χ0v) is 13.8. The number of halogens is 2. The molecule has 3 rings (SSSR count). The molecule has 128 valence electrons. The quantitative estimate of drug-likeness (QED) is 0.699. The molecule has 0 saturated heterocycles. The number of carbonyl (C=O) groups is 2. The molecule has 1 amide bonds. The Morgan fingerprint density at radius 2 is 1.88 bits per heavy atom. The maximum atomic E-state index is 12.9. The number of anilines is 1. The van der Waals surface area contributed by atoms with E-state index in [4.69, 9.17) is 20.8 Å². The summed E-state index contributed by atoms with van der Waals surface area (Å²) >= 11 is 5.89. The van der Waals surface area contributed by atoms with Crippen LogP contribution in [0.3, 0.4) is 0 Å². The molecule has 0 radical (unpaired) electrons. The molecule has 0 saturated carbocycles. The molecular weight excluding hydrogens is 349 g/mol. The first-order valence-electron chi connectivity index (χ1n) is 7.39. The molecule has 5 nitrogen and oxygen atoms in total. The molecule has 0 fully saturated rings. The molecule has 1 heterocycles. The van der Waals surface area contributed by atoms with E-state index in [2.05, 4.69) is 5.32 Å². The number of benzene rings is 2. The van der Waals surface area contributed by atoms with Crippen molar-refractivity contribution in [1.82, 2.24) is 0 Å². The lowest BCUT2D eigenvalue weighted by molar-refractivity contribution is -0.123. The average Bonchev–Trinajstić information content (AvgIpc) is 3.00. The Hall–Kier alpha value is -2.86. The Kier molecular flexibility index (Phi) is 4.72. The first-order chi connectivity index (χ1) is 11.9. The van der Waals surface area contributed by atoms with Crippen LogP contribution in [0.5, 0.6) is 0 Å². The van der Waals surface area contributed by atoms with E-state index in [-0.39, 0.29) is 5.76 Å². The highest BCUT2D eigenvalue weighted by atomic mass is 35.5. The molecule has 0 unspecified atom stereocenters. The maximum absolute atomic E-state index is 12.9. The van der Waals surface area contributed by atoms with Crippen LogP contribution in [0.25, 0.3) is 11.0 Å². The summed E-state index contributed by atoms with van der Waals surface area (Å²) in [6, 6.07) is 11.7. The number of nitrogens with one attached hydrogen (secondary N) is 1. The van der Waals surface area contributed by atoms with Crippen molar-refractivity contribution in [3.8, 4) is 0 Å². The molecule has 7 heteroatoms. The smallest absolute Gasteiger partial charge is 0.375 e. The van der Waals surface area contributed by atoms with Gasteiger partial charge in [-0.05, 0) is 55.5 Å². The van der Waals surface area contributed by atoms with Crippen molar-refractivity contribution in [2.45, 2.75) is 13.0 Å². The van der Waals surface area contributed by atoms with Gasteiger partial charge in [-0.1, -0.05) is 11.6 Å². The lowest BCUT2D eigenvalue weighted by atomic mass is 10.2. The van der Waals surface area contributed by atoms with E-state index < -0.39 is 23.8 Å². The van der Waals surface area contributed by atoms with Crippen LogP contribution in [0.1, 0.15) is 17.5 Å². The fraction of sp³-hybridized carbons (Fsp3) is 0.111. The van der Waals surface area contributed by atoms with E-state index in [9.17, 15) is 14.0 Å². The summed E-state index contributed by atoms with van der Waals surface area (Å²) in [7, 11) is 0. The van der Waals surface area contributed by atoms with Crippen molar-refractivity contribution in [3.05, 3.63) is 65.1 Å². The van der Waals surface area contributed by atoms with Crippen LogP contribution in [-0.2, 0) is 9.53 Å². The van der Waals surface area contributed by atoms with Gasteiger partial charge >= 0.3 is 5.97 Å². The second-order valence-corrected chi connectivity index (χ2v) is 5.77. The Bertz CT molecular complexity index is 936. The molecule has 1 N–H and O–H groups in total. The van der Waals surface area contributed by atoms with Gasteiger partial charge in [0.05, 0.1) is 0 Å². The molecule has 2 aromatic carbocycles. The molecule has 25 heavy (non-hydrogen) atoms. The van der Waals surface area contributed by atoms with Gasteiger partial charge in [-0.2, -0.15) is 0 Å². The summed E-state index contributed by atoms with van der Waals surface area (Å²) < 4.78 is 23.3. The van der Waals surface area contributed by atoms with Crippen LogP contribution in [0.15, 0.2) is 52.9 Å². The summed E-state index contributed by atoms with van der Waals surface area (Å²) in [4.78, 5) is 24.2. The lowest BCUT2D eigenvalue weighted by Crippen LogP contribution is -2.29. The van der Waals surface area contributed by atoms with Gasteiger partial charge in [0.15, 0.2) is 6.10 Å². The van der Waals surface area contributed by atoms with Crippen LogP contribution in [0.4, 0.5) is 10.1 Å². The maximum Gasteiger partial charge on any atom is 0.375 e. The van der Waals surface area contributed by atoms with Crippen LogP contribution in [0, 0.1) is 5.82 Å². The predicted molar refractivity (Wildman–Crippen MR) is 91.1 cm³/mol. The number of esters is 1. The molecule has 1 aromatic heterocycles. The number of fused-ring (bicyclic) bond motifs is 1. The number of carbonyl (C=O) groups excluding carboxylic acids is 2. The standard InChI is InChI=1S/C18H13ClFNO4/c1-10(17(22)21-14-5-3-13(20)4-6-14)24-18(23)16-9-11-8-12(19)2-7-15(11)25-16/h2-10H,1H3,(H,21,22)/t10-/m0/s1. The number of hydrogen-bond donors (Lipinski definition) is 1. The van der Waals surface area contributed by atoms with E-state index in [1.807, 2.05) is 0 Å². The van der Waals surface area contributed by atoms with E-state index in [0.29, 0.717) is 21.7 Å². The average molecular weight is 362 g/mol. The van der Waals surface area contributed by atoms with Crippen molar-refractivity contribution in [3.63, 3.8) is 0 Å². The van der Waals surface area contributed by atoms with Crippen molar-refractivity contribution in [2.24, 2.45) is 0 Å². The van der Waals surface area contributed by atoms with Gasteiger partial charge in [-0.3, -0.25) is 4.79 Å². The normalized spacial score (nSPS) is 12.0. The summed E-state index contributed by atoms with van der Waals surface area (Å²) in [6.07, 6.45) is -1.06. The largest absolute Gasteiger partial charge is 0.449 e. The highest BCUT2D eigenvalue weighted by molar-refractivity contribution is 6.31. The number of amides is 1. The fourth-order valence-corrected chi connectivity index (χ4v) is 2.34. The molecule has 0 spiro atoms. The SMILES string of the molecule is C[C@H](OC(=O)c1cc2cc(Cl)ccc2o1)C(=O)Nc1ccc(F)cc1. The topological polar surface area (TPSA) is 68.5 Å². The van der Waals surface area contributed by atoms with Crippen molar-refractivity contribution in [2.75, 3.05) is 5.32 Å². The van der Waals surface area contributed by atoms with Gasteiger partial charge in [0.1, 0.15) is 11.4 Å². The number of ether oxygens (including phenoxy) is 1. The first-order valence-corrected chi connectivity index (χ1v) is 7.77. The molecular formula is C18H13ClFNO4. The summed E-state index contributed by atoms with van der Waals surface area (Å²) in [5.41, 5.74) is 0.882. The third kappa shape index (κ3) is 3.97. The third-order valence-corrected chi connectivity index (χ3v) is 3.68. The second kappa shape index (κ2) is 6.94. The minimum absolute atomic E-state index is 0.0290. The van der Waals surface area contributed by atoms with Gasteiger partial charge < -0.3 is 14.5 Å². The summed E-state index contributed by atoms with van der Waals surface area (Å²) in [6.45, 7) is 1.43. The number of furan rings is 1. The Morgan fingerprint density at radius 3 is 2.60 bits per heavy atom. The molecule has 1 atom stereocenters. The van der Waals surface area contributed by atoms with Gasteiger partial charge in [-0.15, -0.1) is 0 Å². The molecule has 0 aliphatic carbocycles. The highest BCUT2D eigenvalue weighted by Gasteiger charge is 2.21. The Labute approximate surface area is 147 Å². The molecule has 0 aliphatic heterocycles. The minimum Gasteiger partial charge on any atom is -0.449 e. The first kappa shape index (κ1) is 17.0. The molecule has 0 aliphatic rings. The van der Waals surface area contributed by atoms with E-state index in [1.165, 1.54) is 37.3 Å². The van der Waals surface area contributed by atoms with Crippen molar-refractivity contribution in [1.29, 1.82) is 0 Å². The van der Waals surface area contributed by atoms with Gasteiger partial charge in [0, 0.05) is 16.1 Å². The van der Waals surface area contributed by atoms with Gasteiger partial charge in [0.2, 0.25) is 5.76 Å². The highest BCUT2D eigenvalue weighted by Crippen LogP contribution is 2.23. The monoisotopic (exact) mass is 361 g/mol. The van der Waals surface area contributed by atoms with Crippen LogP contribution < -0.4 is 5.32 Å². The van der Waals surface area contributed by atoms with Crippen LogP contribution in [-0.4, -0.2) is 18.0 Å². The fourth-order valence-electron chi connectivity index (χ4n) is 2.16. The number of rotatable bonds is 4. The Balaban J connectivity index is 1.66. The van der Waals surface area contributed by atoms with E-state index in [0.717, 1.165) is 0 Å².